The second-order valence-corrected chi connectivity index (χ2v) is 10.8. The van der Waals surface area contributed by atoms with Crippen LogP contribution in [0.1, 0.15) is 41.9 Å². The molecule has 1 fully saturated rings. The van der Waals surface area contributed by atoms with Crippen molar-refractivity contribution in [3.63, 3.8) is 0 Å². The van der Waals surface area contributed by atoms with E-state index in [1.54, 1.807) is 0 Å². The highest BCUT2D eigenvalue weighted by molar-refractivity contribution is 7.90. The van der Waals surface area contributed by atoms with E-state index in [9.17, 15) is 17.2 Å². The lowest BCUT2D eigenvalue weighted by Crippen LogP contribution is -2.36. The van der Waals surface area contributed by atoms with Gasteiger partial charge in [-0.1, -0.05) is 37.3 Å². The number of aromatic nitrogens is 2. The number of benzene rings is 2. The molecule has 1 aliphatic heterocycles. The summed E-state index contributed by atoms with van der Waals surface area (Å²) in [6, 6.07) is 11.9. The summed E-state index contributed by atoms with van der Waals surface area (Å²) in [5.74, 6) is -1.63. The van der Waals surface area contributed by atoms with E-state index < -0.39 is 32.1 Å². The quantitative estimate of drug-likeness (QED) is 0.527. The standard InChI is InChI=1S/C22H23F2N3O2S2/c1-15-7-8-27(20(9-15)16-5-3-2-4-6-16)12-17-10-19(24)21(11-18(17)23)31(28,29)13-22-25-14-26-30-22/h2-6,10-11,14-15,20H,7-9,12-13H2,1H3/t15-,20+/m0/s1. The maximum atomic E-state index is 14.9. The number of halogens is 2. The van der Waals surface area contributed by atoms with Crippen LogP contribution in [-0.4, -0.2) is 29.2 Å². The minimum absolute atomic E-state index is 0.105. The van der Waals surface area contributed by atoms with Crippen LogP contribution in [0.5, 0.6) is 0 Å². The van der Waals surface area contributed by atoms with Gasteiger partial charge in [0, 0.05) is 18.2 Å². The Bertz CT molecular complexity index is 1140. The molecule has 2 aromatic carbocycles. The van der Waals surface area contributed by atoms with Crippen molar-refractivity contribution in [2.45, 2.75) is 43.0 Å². The van der Waals surface area contributed by atoms with Crippen LogP contribution in [0.4, 0.5) is 8.78 Å². The number of hydrogen-bond acceptors (Lipinski definition) is 6. The Morgan fingerprint density at radius 2 is 1.94 bits per heavy atom. The van der Waals surface area contributed by atoms with Crippen molar-refractivity contribution in [1.29, 1.82) is 0 Å². The molecule has 0 unspecified atom stereocenters. The molecule has 0 aliphatic carbocycles. The average Bonchev–Trinajstić information content (AvgIpc) is 3.24. The van der Waals surface area contributed by atoms with Gasteiger partial charge in [-0.3, -0.25) is 4.90 Å². The predicted octanol–water partition coefficient (Wildman–Crippen LogP) is 4.76. The first-order valence-electron chi connectivity index (χ1n) is 10.1. The van der Waals surface area contributed by atoms with Crippen LogP contribution in [0.3, 0.4) is 0 Å². The van der Waals surface area contributed by atoms with Gasteiger partial charge in [0.25, 0.3) is 0 Å². The number of nitrogens with zero attached hydrogens (tertiary/aromatic N) is 3. The SMILES string of the molecule is C[C@H]1CCN(Cc2cc(F)c(S(=O)(=O)Cc3ncns3)cc2F)[C@@H](c2ccccc2)C1. The van der Waals surface area contributed by atoms with Crippen molar-refractivity contribution in [2.75, 3.05) is 6.54 Å². The fourth-order valence-electron chi connectivity index (χ4n) is 4.05. The first kappa shape index (κ1) is 22.0. The molecule has 164 valence electrons. The molecule has 1 aromatic heterocycles. The summed E-state index contributed by atoms with van der Waals surface area (Å²) in [4.78, 5) is 5.32. The van der Waals surface area contributed by atoms with Gasteiger partial charge >= 0.3 is 0 Å². The summed E-state index contributed by atoms with van der Waals surface area (Å²) < 4.78 is 58.6. The van der Waals surface area contributed by atoms with E-state index in [2.05, 4.69) is 33.3 Å². The Hall–Kier alpha value is -2.23. The van der Waals surface area contributed by atoms with Gasteiger partial charge in [0.15, 0.2) is 9.84 Å². The molecule has 31 heavy (non-hydrogen) atoms. The molecule has 0 spiro atoms. The Balaban J connectivity index is 1.59. The average molecular weight is 464 g/mol. The lowest BCUT2D eigenvalue weighted by Gasteiger charge is -2.39. The summed E-state index contributed by atoms with van der Waals surface area (Å²) in [5, 5.41) is 0.233. The molecule has 0 N–H and O–H groups in total. The van der Waals surface area contributed by atoms with Crippen molar-refractivity contribution >= 4 is 21.4 Å². The Morgan fingerprint density at radius 3 is 2.65 bits per heavy atom. The molecule has 2 heterocycles. The largest absolute Gasteiger partial charge is 0.292 e. The van der Waals surface area contributed by atoms with Crippen molar-refractivity contribution in [3.05, 3.63) is 76.6 Å². The second kappa shape index (κ2) is 9.10. The predicted molar refractivity (Wildman–Crippen MR) is 115 cm³/mol. The van der Waals surface area contributed by atoms with Gasteiger partial charge in [0.1, 0.15) is 33.6 Å². The normalized spacial score (nSPS) is 20.1. The zero-order valence-corrected chi connectivity index (χ0v) is 18.7. The van der Waals surface area contributed by atoms with Crippen LogP contribution < -0.4 is 0 Å². The molecular weight excluding hydrogens is 440 g/mol. The Labute approximate surface area is 184 Å². The van der Waals surface area contributed by atoms with E-state index in [4.69, 9.17) is 0 Å². The number of rotatable bonds is 6. The van der Waals surface area contributed by atoms with E-state index >= 15 is 0 Å². The van der Waals surface area contributed by atoms with Crippen LogP contribution in [0.25, 0.3) is 0 Å². The molecular formula is C22H23F2N3O2S2. The highest BCUT2D eigenvalue weighted by Crippen LogP contribution is 2.35. The van der Waals surface area contributed by atoms with Crippen LogP contribution in [-0.2, 0) is 22.1 Å². The van der Waals surface area contributed by atoms with Crippen molar-refractivity contribution in [3.8, 4) is 0 Å². The van der Waals surface area contributed by atoms with Gasteiger partial charge in [-0.25, -0.2) is 22.2 Å². The first-order chi connectivity index (χ1) is 14.8. The molecule has 1 saturated heterocycles. The summed E-state index contributed by atoms with van der Waals surface area (Å²) >= 11 is 0.916. The molecule has 3 aromatic rings. The fraction of sp³-hybridized carbons (Fsp3) is 0.364. The Kier molecular flexibility index (Phi) is 6.45. The minimum atomic E-state index is -4.07. The highest BCUT2D eigenvalue weighted by atomic mass is 32.2. The maximum absolute atomic E-state index is 14.9. The van der Waals surface area contributed by atoms with Crippen molar-refractivity contribution < 1.29 is 17.2 Å². The van der Waals surface area contributed by atoms with E-state index in [0.29, 0.717) is 5.92 Å². The van der Waals surface area contributed by atoms with E-state index in [1.807, 2.05) is 18.2 Å². The third-order valence-corrected chi connectivity index (χ3v) is 8.17. The molecule has 0 radical (unpaired) electrons. The van der Waals surface area contributed by atoms with Crippen LogP contribution in [0, 0.1) is 17.6 Å². The van der Waals surface area contributed by atoms with E-state index in [1.165, 1.54) is 6.33 Å². The van der Waals surface area contributed by atoms with Gasteiger partial charge in [-0.05, 0) is 54.5 Å². The number of sulfone groups is 1. The molecule has 5 nitrogen and oxygen atoms in total. The summed E-state index contributed by atoms with van der Waals surface area (Å²) in [7, 11) is -4.07. The van der Waals surface area contributed by atoms with Gasteiger partial charge in [-0.2, -0.15) is 4.37 Å². The number of piperidine rings is 1. The minimum Gasteiger partial charge on any atom is -0.292 e. The van der Waals surface area contributed by atoms with Gasteiger partial charge in [-0.15, -0.1) is 0 Å². The molecule has 0 saturated carbocycles. The molecule has 1 aliphatic rings. The van der Waals surface area contributed by atoms with Crippen LogP contribution >= 0.6 is 11.5 Å². The third-order valence-electron chi connectivity index (χ3n) is 5.69. The summed E-state index contributed by atoms with van der Waals surface area (Å²) in [6.07, 6.45) is 3.14. The van der Waals surface area contributed by atoms with Crippen LogP contribution in [0.15, 0.2) is 53.7 Å². The van der Waals surface area contributed by atoms with Crippen molar-refractivity contribution in [1.82, 2.24) is 14.3 Å². The zero-order chi connectivity index (χ0) is 22.0. The van der Waals surface area contributed by atoms with Gasteiger partial charge in [0.05, 0.1) is 0 Å². The number of hydrogen-bond donors (Lipinski definition) is 0. The molecule has 9 heteroatoms. The second-order valence-electron chi connectivity index (χ2n) is 7.99. The fourth-order valence-corrected chi connectivity index (χ4v) is 6.23. The molecule has 2 atom stereocenters. The third kappa shape index (κ3) is 4.99. The monoisotopic (exact) mass is 463 g/mol. The first-order valence-corrected chi connectivity index (χ1v) is 12.5. The highest BCUT2D eigenvalue weighted by Gasteiger charge is 2.29. The van der Waals surface area contributed by atoms with E-state index in [-0.39, 0.29) is 23.2 Å². The van der Waals surface area contributed by atoms with Crippen molar-refractivity contribution in [2.24, 2.45) is 5.92 Å². The van der Waals surface area contributed by atoms with Crippen LogP contribution in [0.2, 0.25) is 0 Å². The summed E-state index contributed by atoms with van der Waals surface area (Å²) in [6.45, 7) is 3.18. The molecule has 0 bridgehead atoms. The lowest BCUT2D eigenvalue weighted by atomic mass is 9.88. The van der Waals surface area contributed by atoms with E-state index in [0.717, 1.165) is 48.6 Å². The number of likely N-dealkylation sites (tertiary alicyclic amines) is 1. The lowest BCUT2D eigenvalue weighted by molar-refractivity contribution is 0.109. The smallest absolute Gasteiger partial charge is 0.187 e. The van der Waals surface area contributed by atoms with Gasteiger partial charge < -0.3 is 0 Å². The van der Waals surface area contributed by atoms with Gasteiger partial charge in [0.2, 0.25) is 0 Å². The topological polar surface area (TPSA) is 63.2 Å². The molecule has 4 rings (SSSR count). The maximum Gasteiger partial charge on any atom is 0.187 e. The summed E-state index contributed by atoms with van der Waals surface area (Å²) in [5.41, 5.74) is 1.30. The molecule has 0 amide bonds. The zero-order valence-electron chi connectivity index (χ0n) is 17.0. The Morgan fingerprint density at radius 1 is 1.16 bits per heavy atom.